The summed E-state index contributed by atoms with van der Waals surface area (Å²) in [5, 5.41) is 10.7. The number of methoxy groups -OCH3 is 1. The molecular formula is C39H49FN2O5. The molecule has 8 heteroatoms. The first-order chi connectivity index (χ1) is 22.7. The normalized spacial score (nSPS) is 19.1. The Hall–Kier alpha value is -3.91. The first-order valence-corrected chi connectivity index (χ1v) is 17.2. The van der Waals surface area contributed by atoms with Crippen molar-refractivity contribution in [2.45, 2.75) is 90.1 Å². The van der Waals surface area contributed by atoms with Crippen LogP contribution in [-0.4, -0.2) is 60.8 Å². The second kappa shape index (κ2) is 15.8. The Morgan fingerprint density at radius 2 is 1.85 bits per heavy atom. The Morgan fingerprint density at radius 1 is 1.09 bits per heavy atom. The molecule has 0 aliphatic carbocycles. The molecule has 5 rings (SSSR count). The standard InChI is InChI=1S/C39H49FN2O5/c1-5-10-30(11-6-2)42(31-17-18-33(40)26(3)22-31)37(43)25-41-24-32(28-16-19-36-29(23-28)20-21-47-36)38(39(44)45)34(41)14-9-13-27-12-7-8-15-35(27)46-4/h7-8,12,15-19,22-23,30,32,34,38H,5-6,9-11,13-14,20-21,24-25H2,1-4H3,(H,44,45)/t32-,34+,38-/m1/s1. The zero-order chi connectivity index (χ0) is 33.5. The molecule has 2 heterocycles. The molecule has 47 heavy (non-hydrogen) atoms. The fraction of sp³-hybridized carbons (Fsp3) is 0.487. The fourth-order valence-electron chi connectivity index (χ4n) is 7.69. The van der Waals surface area contributed by atoms with Crippen molar-refractivity contribution in [3.8, 4) is 11.5 Å². The van der Waals surface area contributed by atoms with Gasteiger partial charge in [-0.2, -0.15) is 0 Å². The summed E-state index contributed by atoms with van der Waals surface area (Å²) in [4.78, 5) is 31.6. The van der Waals surface area contributed by atoms with E-state index in [0.29, 0.717) is 30.8 Å². The molecule has 1 saturated heterocycles. The van der Waals surface area contributed by atoms with Gasteiger partial charge in [0.15, 0.2) is 0 Å². The molecule has 3 aromatic rings. The van der Waals surface area contributed by atoms with E-state index in [0.717, 1.165) is 73.1 Å². The molecule has 0 bridgehead atoms. The van der Waals surface area contributed by atoms with Crippen LogP contribution < -0.4 is 14.4 Å². The lowest BCUT2D eigenvalue weighted by atomic mass is 9.83. The maximum atomic E-state index is 14.5. The number of anilines is 1. The number of rotatable bonds is 15. The zero-order valence-corrected chi connectivity index (χ0v) is 28.2. The van der Waals surface area contributed by atoms with Gasteiger partial charge in [0.1, 0.15) is 17.3 Å². The third-order valence-electron chi connectivity index (χ3n) is 9.95. The Bertz CT molecular complexity index is 1540. The summed E-state index contributed by atoms with van der Waals surface area (Å²) >= 11 is 0. The molecule has 3 aromatic carbocycles. The second-order valence-corrected chi connectivity index (χ2v) is 13.1. The smallest absolute Gasteiger partial charge is 0.308 e. The predicted molar refractivity (Wildman–Crippen MR) is 183 cm³/mol. The molecule has 3 atom stereocenters. The van der Waals surface area contributed by atoms with Crippen molar-refractivity contribution in [2.24, 2.45) is 5.92 Å². The van der Waals surface area contributed by atoms with E-state index >= 15 is 0 Å². The van der Waals surface area contributed by atoms with Gasteiger partial charge in [0.2, 0.25) is 5.91 Å². The molecule has 2 aliphatic rings. The van der Waals surface area contributed by atoms with Crippen LogP contribution in [0.1, 0.15) is 80.5 Å². The van der Waals surface area contributed by atoms with Crippen molar-refractivity contribution < 1.29 is 28.6 Å². The van der Waals surface area contributed by atoms with Crippen LogP contribution in [0.5, 0.6) is 11.5 Å². The number of hydrogen-bond acceptors (Lipinski definition) is 5. The molecule has 1 N–H and O–H groups in total. The number of amides is 1. The van der Waals surface area contributed by atoms with Crippen molar-refractivity contribution in [3.63, 3.8) is 0 Å². The third kappa shape index (κ3) is 7.81. The van der Waals surface area contributed by atoms with Crippen molar-refractivity contribution in [3.05, 3.63) is 88.7 Å². The van der Waals surface area contributed by atoms with Crippen LogP contribution in [0.2, 0.25) is 0 Å². The van der Waals surface area contributed by atoms with E-state index in [1.165, 1.54) is 6.07 Å². The van der Waals surface area contributed by atoms with Crippen LogP contribution >= 0.6 is 0 Å². The van der Waals surface area contributed by atoms with E-state index < -0.39 is 11.9 Å². The predicted octanol–water partition coefficient (Wildman–Crippen LogP) is 7.57. The van der Waals surface area contributed by atoms with Gasteiger partial charge in [0, 0.05) is 36.7 Å². The van der Waals surface area contributed by atoms with Crippen LogP contribution in [0.15, 0.2) is 60.7 Å². The largest absolute Gasteiger partial charge is 0.496 e. The molecule has 0 saturated carbocycles. The summed E-state index contributed by atoms with van der Waals surface area (Å²) < 4.78 is 25.7. The minimum absolute atomic E-state index is 0.0308. The number of halogens is 1. The van der Waals surface area contributed by atoms with E-state index in [9.17, 15) is 19.1 Å². The van der Waals surface area contributed by atoms with Crippen LogP contribution in [0, 0.1) is 18.7 Å². The van der Waals surface area contributed by atoms with Crippen molar-refractivity contribution in [2.75, 3.05) is 31.7 Å². The Balaban J connectivity index is 1.47. The lowest BCUT2D eigenvalue weighted by Crippen LogP contribution is -2.48. The summed E-state index contributed by atoms with van der Waals surface area (Å²) in [5.41, 5.74) is 4.35. The summed E-state index contributed by atoms with van der Waals surface area (Å²) in [7, 11) is 1.66. The van der Waals surface area contributed by atoms with E-state index in [1.807, 2.05) is 41.3 Å². The van der Waals surface area contributed by atoms with Gasteiger partial charge in [0.25, 0.3) is 0 Å². The number of benzene rings is 3. The van der Waals surface area contributed by atoms with Gasteiger partial charge in [0.05, 0.1) is 26.2 Å². The molecule has 0 aromatic heterocycles. The quantitative estimate of drug-likeness (QED) is 0.184. The van der Waals surface area contributed by atoms with Crippen LogP contribution in [0.25, 0.3) is 0 Å². The van der Waals surface area contributed by atoms with E-state index in [-0.39, 0.29) is 36.3 Å². The average Bonchev–Trinajstić information content (AvgIpc) is 3.67. The molecule has 7 nitrogen and oxygen atoms in total. The third-order valence-corrected chi connectivity index (χ3v) is 9.95. The number of para-hydroxylation sites is 1. The van der Waals surface area contributed by atoms with E-state index in [1.54, 1.807) is 26.2 Å². The van der Waals surface area contributed by atoms with E-state index in [2.05, 4.69) is 24.8 Å². The van der Waals surface area contributed by atoms with Gasteiger partial charge in [-0.05, 0) is 91.6 Å². The minimum atomic E-state index is -0.843. The van der Waals surface area contributed by atoms with Gasteiger partial charge >= 0.3 is 5.97 Å². The number of carboxylic acid groups (broad SMARTS) is 1. The highest BCUT2D eigenvalue weighted by Gasteiger charge is 2.47. The zero-order valence-electron chi connectivity index (χ0n) is 28.2. The highest BCUT2D eigenvalue weighted by molar-refractivity contribution is 5.95. The van der Waals surface area contributed by atoms with Crippen molar-refractivity contribution in [1.82, 2.24) is 4.90 Å². The molecule has 1 amide bonds. The van der Waals surface area contributed by atoms with Crippen LogP contribution in [0.4, 0.5) is 10.1 Å². The molecule has 252 valence electrons. The summed E-state index contributed by atoms with van der Waals surface area (Å²) in [6.45, 7) is 7.13. The number of carboxylic acids is 1. The van der Waals surface area contributed by atoms with Crippen LogP contribution in [-0.2, 0) is 22.4 Å². The number of nitrogens with zero attached hydrogens (tertiary/aromatic N) is 2. The lowest BCUT2D eigenvalue weighted by molar-refractivity contribution is -0.143. The molecular weight excluding hydrogens is 595 g/mol. The highest BCUT2D eigenvalue weighted by atomic mass is 19.1. The number of carbonyl (C=O) groups excluding carboxylic acids is 1. The van der Waals surface area contributed by atoms with Crippen molar-refractivity contribution in [1.29, 1.82) is 0 Å². The molecule has 0 radical (unpaired) electrons. The van der Waals surface area contributed by atoms with Gasteiger partial charge in [-0.25, -0.2) is 4.39 Å². The summed E-state index contributed by atoms with van der Waals surface area (Å²) in [5.74, 6) is -0.486. The summed E-state index contributed by atoms with van der Waals surface area (Å²) in [6.07, 6.45) is 6.40. The Kier molecular flexibility index (Phi) is 11.6. The monoisotopic (exact) mass is 644 g/mol. The Morgan fingerprint density at radius 3 is 2.55 bits per heavy atom. The number of hydrogen-bond donors (Lipinski definition) is 1. The molecule has 1 fully saturated rings. The molecule has 2 aliphatic heterocycles. The fourth-order valence-corrected chi connectivity index (χ4v) is 7.69. The second-order valence-electron chi connectivity index (χ2n) is 13.1. The van der Waals surface area contributed by atoms with Crippen molar-refractivity contribution >= 4 is 17.6 Å². The van der Waals surface area contributed by atoms with Gasteiger partial charge in [-0.1, -0.05) is 57.0 Å². The molecule has 0 spiro atoms. The lowest BCUT2D eigenvalue weighted by Gasteiger charge is -2.35. The molecule has 0 unspecified atom stereocenters. The first kappa shape index (κ1) is 34.4. The summed E-state index contributed by atoms with van der Waals surface area (Å²) in [6, 6.07) is 18.5. The number of ether oxygens (including phenoxy) is 2. The maximum Gasteiger partial charge on any atom is 0.308 e. The topological polar surface area (TPSA) is 79.3 Å². The highest BCUT2D eigenvalue weighted by Crippen LogP contribution is 2.42. The van der Waals surface area contributed by atoms with E-state index in [4.69, 9.17) is 9.47 Å². The van der Waals surface area contributed by atoms with Gasteiger partial charge in [-0.3, -0.25) is 14.5 Å². The number of carbonyl (C=O) groups is 2. The first-order valence-electron chi connectivity index (χ1n) is 17.2. The van der Waals surface area contributed by atoms with Gasteiger partial charge in [-0.15, -0.1) is 0 Å². The minimum Gasteiger partial charge on any atom is -0.496 e. The number of fused-ring (bicyclic) bond motifs is 1. The van der Waals surface area contributed by atoms with Crippen LogP contribution in [0.3, 0.4) is 0 Å². The number of likely N-dealkylation sites (tertiary alicyclic amines) is 1. The van der Waals surface area contributed by atoms with Gasteiger partial charge < -0.3 is 19.5 Å². The number of aliphatic carboxylic acids is 1. The number of aryl methyl sites for hydroxylation is 2. The average molecular weight is 645 g/mol. The Labute approximate surface area is 278 Å². The maximum absolute atomic E-state index is 14.5. The SMILES string of the molecule is CCCC(CCC)N(C(=O)CN1C[C@H](c2ccc3c(c2)CCO3)[C@@H](C(=O)O)[C@@H]1CCCc1ccccc1OC)c1ccc(F)c(C)c1.